The van der Waals surface area contributed by atoms with Gasteiger partial charge in [0.15, 0.2) is 5.75 Å². The Morgan fingerprint density at radius 1 is 1.33 bits per heavy atom. The van der Waals surface area contributed by atoms with Gasteiger partial charge in [-0.1, -0.05) is 11.6 Å². The molecule has 0 saturated carbocycles. The molecule has 0 aliphatic carbocycles. The minimum atomic E-state index is -0.641. The van der Waals surface area contributed by atoms with Crippen molar-refractivity contribution < 1.29 is 18.7 Å². The Labute approximate surface area is 133 Å². The van der Waals surface area contributed by atoms with Crippen molar-refractivity contribution >= 4 is 39.2 Å². The summed E-state index contributed by atoms with van der Waals surface area (Å²) in [6.07, 6.45) is 0. The first kappa shape index (κ1) is 15.6. The maximum atomic E-state index is 13.1. The highest BCUT2D eigenvalue weighted by molar-refractivity contribution is 9.10. The lowest BCUT2D eigenvalue weighted by Gasteiger charge is -2.13. The summed E-state index contributed by atoms with van der Waals surface area (Å²) in [7, 11) is 1.23. The van der Waals surface area contributed by atoms with Crippen molar-refractivity contribution in [1.29, 1.82) is 0 Å². The van der Waals surface area contributed by atoms with Gasteiger partial charge in [0.1, 0.15) is 17.1 Å². The Morgan fingerprint density at radius 2 is 2.05 bits per heavy atom. The van der Waals surface area contributed by atoms with Gasteiger partial charge in [-0.05, 0) is 46.3 Å². The number of benzene rings is 2. The van der Waals surface area contributed by atoms with Gasteiger partial charge < -0.3 is 15.2 Å². The minimum Gasteiger partial charge on any atom is -0.465 e. The molecule has 0 saturated heterocycles. The highest BCUT2D eigenvalue weighted by Crippen LogP contribution is 2.38. The van der Waals surface area contributed by atoms with Crippen LogP contribution in [0.25, 0.3) is 0 Å². The second-order valence-electron chi connectivity index (χ2n) is 4.05. The molecule has 0 unspecified atom stereocenters. The summed E-state index contributed by atoms with van der Waals surface area (Å²) >= 11 is 9.24. The van der Waals surface area contributed by atoms with Crippen LogP contribution in [-0.4, -0.2) is 13.1 Å². The number of hydrogen-bond donors (Lipinski definition) is 1. The van der Waals surface area contributed by atoms with Gasteiger partial charge in [0, 0.05) is 5.69 Å². The van der Waals surface area contributed by atoms with E-state index in [0.29, 0.717) is 15.9 Å². The highest BCUT2D eigenvalue weighted by atomic mass is 79.9. The topological polar surface area (TPSA) is 61.5 Å². The Kier molecular flexibility index (Phi) is 4.69. The van der Waals surface area contributed by atoms with E-state index in [0.717, 1.165) is 0 Å². The molecule has 7 heteroatoms. The standard InChI is InChI=1S/C14H10BrClFNO3/c1-20-14(19)9-5-8(18)6-11(16)13(9)21-12-3-2-7(17)4-10(12)15/h2-6H,18H2,1H3. The van der Waals surface area contributed by atoms with E-state index in [1.807, 2.05) is 0 Å². The molecule has 0 aliphatic heterocycles. The van der Waals surface area contributed by atoms with Crippen molar-refractivity contribution in [2.24, 2.45) is 0 Å². The van der Waals surface area contributed by atoms with Crippen LogP contribution in [0.1, 0.15) is 10.4 Å². The molecule has 21 heavy (non-hydrogen) atoms. The van der Waals surface area contributed by atoms with Gasteiger partial charge in [-0.15, -0.1) is 0 Å². The Balaban J connectivity index is 2.50. The maximum Gasteiger partial charge on any atom is 0.341 e. The zero-order chi connectivity index (χ0) is 15.6. The predicted octanol–water partition coefficient (Wildman–Crippen LogP) is 4.40. The quantitative estimate of drug-likeness (QED) is 0.639. The molecule has 2 aromatic rings. The molecule has 0 spiro atoms. The van der Waals surface area contributed by atoms with Gasteiger partial charge in [-0.2, -0.15) is 0 Å². The van der Waals surface area contributed by atoms with Crippen molar-refractivity contribution in [3.63, 3.8) is 0 Å². The molecule has 2 aromatic carbocycles. The van der Waals surface area contributed by atoms with Crippen LogP contribution in [0.15, 0.2) is 34.8 Å². The van der Waals surface area contributed by atoms with E-state index in [-0.39, 0.29) is 16.3 Å². The Hall–Kier alpha value is -1.79. The summed E-state index contributed by atoms with van der Waals surface area (Å²) in [5.41, 5.74) is 6.04. The summed E-state index contributed by atoms with van der Waals surface area (Å²) in [5.74, 6) is -0.679. The number of hydrogen-bond acceptors (Lipinski definition) is 4. The van der Waals surface area contributed by atoms with Gasteiger partial charge in [0.2, 0.25) is 0 Å². The van der Waals surface area contributed by atoms with E-state index in [1.165, 1.54) is 37.4 Å². The molecule has 2 rings (SSSR count). The highest BCUT2D eigenvalue weighted by Gasteiger charge is 2.19. The Morgan fingerprint density at radius 3 is 2.67 bits per heavy atom. The first-order valence-electron chi connectivity index (χ1n) is 5.72. The normalized spacial score (nSPS) is 10.3. The van der Waals surface area contributed by atoms with Gasteiger partial charge in [-0.25, -0.2) is 9.18 Å². The first-order chi connectivity index (χ1) is 9.92. The third-order valence-corrected chi connectivity index (χ3v) is 3.48. The monoisotopic (exact) mass is 373 g/mol. The van der Waals surface area contributed by atoms with Crippen molar-refractivity contribution in [2.45, 2.75) is 0 Å². The summed E-state index contributed by atoms with van der Waals surface area (Å²) in [6.45, 7) is 0. The summed E-state index contributed by atoms with van der Waals surface area (Å²) in [6, 6.07) is 6.71. The predicted molar refractivity (Wildman–Crippen MR) is 81.4 cm³/mol. The van der Waals surface area contributed by atoms with Crippen LogP contribution in [0.4, 0.5) is 10.1 Å². The van der Waals surface area contributed by atoms with Gasteiger partial charge in [0.05, 0.1) is 16.6 Å². The smallest absolute Gasteiger partial charge is 0.341 e. The lowest BCUT2D eigenvalue weighted by Crippen LogP contribution is -2.05. The molecule has 0 aliphatic rings. The number of anilines is 1. The van der Waals surface area contributed by atoms with E-state index < -0.39 is 11.8 Å². The second-order valence-corrected chi connectivity index (χ2v) is 5.31. The van der Waals surface area contributed by atoms with Crippen LogP contribution in [0, 0.1) is 5.82 Å². The van der Waals surface area contributed by atoms with Crippen LogP contribution in [0.5, 0.6) is 11.5 Å². The van der Waals surface area contributed by atoms with Crippen LogP contribution in [0.2, 0.25) is 5.02 Å². The van der Waals surface area contributed by atoms with E-state index >= 15 is 0 Å². The molecule has 0 atom stereocenters. The number of nitrogens with two attached hydrogens (primary N) is 1. The molecule has 110 valence electrons. The molecule has 0 heterocycles. The van der Waals surface area contributed by atoms with Crippen LogP contribution in [-0.2, 0) is 4.74 Å². The molecule has 4 nitrogen and oxygen atoms in total. The average molecular weight is 375 g/mol. The second kappa shape index (κ2) is 6.32. The van der Waals surface area contributed by atoms with Crippen molar-refractivity contribution in [1.82, 2.24) is 0 Å². The number of carbonyl (C=O) groups excluding carboxylic acids is 1. The molecule has 0 aromatic heterocycles. The third kappa shape index (κ3) is 3.46. The zero-order valence-electron chi connectivity index (χ0n) is 10.8. The molecule has 0 radical (unpaired) electrons. The molecule has 0 bridgehead atoms. The third-order valence-electron chi connectivity index (χ3n) is 2.58. The first-order valence-corrected chi connectivity index (χ1v) is 6.89. The van der Waals surface area contributed by atoms with Crippen LogP contribution < -0.4 is 10.5 Å². The number of halogens is 3. The van der Waals surface area contributed by atoms with E-state index in [4.69, 9.17) is 22.1 Å². The van der Waals surface area contributed by atoms with Crippen molar-refractivity contribution in [3.8, 4) is 11.5 Å². The maximum absolute atomic E-state index is 13.1. The van der Waals surface area contributed by atoms with Crippen molar-refractivity contribution in [2.75, 3.05) is 12.8 Å². The average Bonchev–Trinajstić information content (AvgIpc) is 2.42. The van der Waals surface area contributed by atoms with E-state index in [1.54, 1.807) is 0 Å². The number of carbonyl (C=O) groups is 1. The van der Waals surface area contributed by atoms with E-state index in [2.05, 4.69) is 20.7 Å². The molecular weight excluding hydrogens is 365 g/mol. The van der Waals surface area contributed by atoms with Crippen molar-refractivity contribution in [3.05, 3.63) is 51.2 Å². The molecule has 0 amide bonds. The zero-order valence-corrected chi connectivity index (χ0v) is 13.2. The Bertz CT molecular complexity index is 709. The van der Waals surface area contributed by atoms with Crippen LogP contribution >= 0.6 is 27.5 Å². The number of nitrogen functional groups attached to an aromatic ring is 1. The summed E-state index contributed by atoms with van der Waals surface area (Å²) < 4.78 is 23.7. The minimum absolute atomic E-state index is 0.0822. The fourth-order valence-electron chi connectivity index (χ4n) is 1.65. The molecule has 2 N–H and O–H groups in total. The fraction of sp³-hybridized carbons (Fsp3) is 0.0714. The number of ether oxygens (including phenoxy) is 2. The molecule has 0 fully saturated rings. The van der Waals surface area contributed by atoms with Crippen LogP contribution in [0.3, 0.4) is 0 Å². The lowest BCUT2D eigenvalue weighted by molar-refractivity contribution is 0.0598. The number of esters is 1. The van der Waals surface area contributed by atoms with Gasteiger partial charge >= 0.3 is 5.97 Å². The van der Waals surface area contributed by atoms with E-state index in [9.17, 15) is 9.18 Å². The fourth-order valence-corrected chi connectivity index (χ4v) is 2.35. The number of methoxy groups -OCH3 is 1. The lowest BCUT2D eigenvalue weighted by atomic mass is 10.1. The summed E-state index contributed by atoms with van der Waals surface area (Å²) in [5, 5.41) is 0.145. The number of rotatable bonds is 3. The van der Waals surface area contributed by atoms with Gasteiger partial charge in [-0.3, -0.25) is 0 Å². The molecular formula is C14H10BrClFNO3. The van der Waals surface area contributed by atoms with Gasteiger partial charge in [0.25, 0.3) is 0 Å². The SMILES string of the molecule is COC(=O)c1cc(N)cc(Cl)c1Oc1ccc(F)cc1Br. The summed E-state index contributed by atoms with van der Waals surface area (Å²) in [4.78, 5) is 11.8. The largest absolute Gasteiger partial charge is 0.465 e.